The minimum absolute atomic E-state index is 0.00919. The number of likely N-dealkylation sites (tertiary alicyclic amines) is 2. The van der Waals surface area contributed by atoms with Crippen LogP contribution in [-0.4, -0.2) is 74.1 Å². The summed E-state index contributed by atoms with van der Waals surface area (Å²) in [5, 5.41) is 10.3. The molecular formula is C18H20F3N5O3S. The number of nitrogens with zero attached hydrogens (tertiary/aromatic N) is 5. The summed E-state index contributed by atoms with van der Waals surface area (Å²) >= 11 is 1.71. The van der Waals surface area contributed by atoms with Crippen LogP contribution in [0.15, 0.2) is 30.2 Å². The smallest absolute Gasteiger partial charge is 0.475 e. The van der Waals surface area contributed by atoms with E-state index in [1.807, 2.05) is 16.5 Å². The number of carboxylic acids is 1. The van der Waals surface area contributed by atoms with Gasteiger partial charge in [-0.1, -0.05) is 0 Å². The van der Waals surface area contributed by atoms with Crippen LogP contribution < -0.4 is 0 Å². The van der Waals surface area contributed by atoms with E-state index in [0.717, 1.165) is 39.1 Å². The minimum Gasteiger partial charge on any atom is -0.475 e. The van der Waals surface area contributed by atoms with Gasteiger partial charge >= 0.3 is 12.1 Å². The van der Waals surface area contributed by atoms with Crippen LogP contribution in [0.1, 0.15) is 21.9 Å². The van der Waals surface area contributed by atoms with Gasteiger partial charge in [0, 0.05) is 50.1 Å². The Labute approximate surface area is 174 Å². The van der Waals surface area contributed by atoms with Gasteiger partial charge in [-0.05, 0) is 18.3 Å². The Kier molecular flexibility index (Phi) is 6.98. The zero-order chi connectivity index (χ0) is 21.7. The van der Waals surface area contributed by atoms with Crippen LogP contribution in [0, 0.1) is 11.8 Å². The highest BCUT2D eigenvalue weighted by atomic mass is 32.1. The number of hydrogen-bond donors (Lipinski definition) is 1. The third kappa shape index (κ3) is 5.72. The average Bonchev–Trinajstić information content (AvgIpc) is 3.36. The van der Waals surface area contributed by atoms with Crippen molar-refractivity contribution in [2.75, 3.05) is 26.2 Å². The maximum atomic E-state index is 12.5. The molecular weight excluding hydrogens is 423 g/mol. The van der Waals surface area contributed by atoms with E-state index in [9.17, 15) is 18.0 Å². The highest BCUT2D eigenvalue weighted by molar-refractivity contribution is 7.09. The monoisotopic (exact) mass is 443 g/mol. The van der Waals surface area contributed by atoms with Crippen LogP contribution >= 0.6 is 11.3 Å². The number of aromatic nitrogens is 3. The Morgan fingerprint density at radius 3 is 2.47 bits per heavy atom. The first-order chi connectivity index (χ1) is 14.2. The van der Waals surface area contributed by atoms with Crippen LogP contribution in [-0.2, 0) is 11.3 Å². The molecule has 2 aliphatic heterocycles. The van der Waals surface area contributed by atoms with E-state index >= 15 is 0 Å². The lowest BCUT2D eigenvalue weighted by molar-refractivity contribution is -0.192. The maximum absolute atomic E-state index is 12.5. The first-order valence-electron chi connectivity index (χ1n) is 9.20. The highest BCUT2D eigenvalue weighted by Gasteiger charge is 2.39. The predicted octanol–water partition coefficient (Wildman–Crippen LogP) is 2.16. The van der Waals surface area contributed by atoms with E-state index in [0.29, 0.717) is 17.5 Å². The molecule has 2 aromatic heterocycles. The van der Waals surface area contributed by atoms with Gasteiger partial charge < -0.3 is 10.0 Å². The molecule has 0 aromatic carbocycles. The zero-order valence-electron chi connectivity index (χ0n) is 15.8. The molecule has 1 amide bonds. The summed E-state index contributed by atoms with van der Waals surface area (Å²) in [6, 6.07) is 0. The van der Waals surface area contributed by atoms with E-state index in [4.69, 9.17) is 9.90 Å². The van der Waals surface area contributed by atoms with Gasteiger partial charge in [0.15, 0.2) is 0 Å². The second kappa shape index (κ2) is 9.47. The van der Waals surface area contributed by atoms with Gasteiger partial charge in [-0.3, -0.25) is 14.7 Å². The molecule has 2 aliphatic rings. The standard InChI is InChI=1S/C16H19N5OS.C2HF3O2/c22-16(14-7-17-2-3-18-14)21-5-1-12-8-20(9-13(12)10-21)11-15-19-4-6-23-15;3-2(4,5)1(6)7/h2-4,6-7,12-13H,1,5,8-11H2;(H,6,7)/t12-,13-;/m1./s1. The molecule has 0 unspecified atom stereocenters. The fourth-order valence-corrected chi connectivity index (χ4v) is 4.33. The number of hydrogen-bond acceptors (Lipinski definition) is 7. The van der Waals surface area contributed by atoms with Crippen LogP contribution in [0.25, 0.3) is 0 Å². The molecule has 1 N–H and O–H groups in total. The molecule has 2 aromatic rings. The summed E-state index contributed by atoms with van der Waals surface area (Å²) in [7, 11) is 0. The average molecular weight is 443 g/mol. The van der Waals surface area contributed by atoms with Gasteiger partial charge in [0.2, 0.25) is 0 Å². The van der Waals surface area contributed by atoms with Crippen molar-refractivity contribution < 1.29 is 27.9 Å². The number of carbonyl (C=O) groups is 2. The number of rotatable bonds is 3. The van der Waals surface area contributed by atoms with Gasteiger partial charge in [-0.2, -0.15) is 13.2 Å². The minimum atomic E-state index is -5.08. The largest absolute Gasteiger partial charge is 0.490 e. The molecule has 2 saturated heterocycles. The Morgan fingerprint density at radius 2 is 1.87 bits per heavy atom. The first-order valence-corrected chi connectivity index (χ1v) is 10.1. The van der Waals surface area contributed by atoms with Gasteiger partial charge in [-0.15, -0.1) is 11.3 Å². The second-order valence-corrected chi connectivity index (χ2v) is 8.05. The third-order valence-corrected chi connectivity index (χ3v) is 5.80. The molecule has 162 valence electrons. The number of carboxylic acid groups (broad SMARTS) is 1. The Bertz CT molecular complexity index is 851. The fourth-order valence-electron chi connectivity index (χ4n) is 3.67. The fraction of sp³-hybridized carbons (Fsp3) is 0.500. The summed E-state index contributed by atoms with van der Waals surface area (Å²) in [6.07, 6.45) is 2.58. The summed E-state index contributed by atoms with van der Waals surface area (Å²) in [5.74, 6) is -1.49. The number of amides is 1. The topological polar surface area (TPSA) is 99.5 Å². The number of alkyl halides is 3. The quantitative estimate of drug-likeness (QED) is 0.776. The van der Waals surface area contributed by atoms with Crippen molar-refractivity contribution in [3.05, 3.63) is 40.9 Å². The molecule has 0 saturated carbocycles. The van der Waals surface area contributed by atoms with Crippen LogP contribution in [0.2, 0.25) is 0 Å². The van der Waals surface area contributed by atoms with Crippen LogP contribution in [0.5, 0.6) is 0 Å². The van der Waals surface area contributed by atoms with Gasteiger partial charge in [-0.25, -0.2) is 14.8 Å². The normalized spacial score (nSPS) is 21.5. The Balaban J connectivity index is 0.000000318. The lowest BCUT2D eigenvalue weighted by Gasteiger charge is -2.34. The number of halogens is 3. The summed E-state index contributed by atoms with van der Waals surface area (Å²) in [6.45, 7) is 4.75. The molecule has 0 spiro atoms. The van der Waals surface area contributed by atoms with Gasteiger partial charge in [0.1, 0.15) is 10.7 Å². The molecule has 4 rings (SSSR count). The van der Waals surface area contributed by atoms with Gasteiger partial charge in [0.25, 0.3) is 5.91 Å². The SMILES string of the molecule is O=C(O)C(F)(F)F.O=C(c1cnccn1)N1CC[C@@H]2CN(Cc3nccs3)C[C@@H]2C1. The summed E-state index contributed by atoms with van der Waals surface area (Å²) in [4.78, 5) is 38.3. The van der Waals surface area contributed by atoms with Gasteiger partial charge in [0.05, 0.1) is 12.7 Å². The first kappa shape index (κ1) is 22.1. The maximum Gasteiger partial charge on any atom is 0.490 e. The predicted molar refractivity (Wildman–Crippen MR) is 101 cm³/mol. The number of piperidine rings is 1. The molecule has 0 aliphatic carbocycles. The van der Waals surface area contributed by atoms with E-state index in [1.54, 1.807) is 29.9 Å². The third-order valence-electron chi connectivity index (χ3n) is 5.03. The number of aliphatic carboxylic acids is 1. The molecule has 2 atom stereocenters. The molecule has 4 heterocycles. The van der Waals surface area contributed by atoms with Crippen molar-refractivity contribution in [2.45, 2.75) is 19.1 Å². The summed E-state index contributed by atoms with van der Waals surface area (Å²) < 4.78 is 31.7. The Hall–Kier alpha value is -2.60. The Morgan fingerprint density at radius 1 is 1.13 bits per heavy atom. The van der Waals surface area contributed by atoms with Crippen molar-refractivity contribution in [3.8, 4) is 0 Å². The number of fused-ring (bicyclic) bond motifs is 1. The molecule has 0 bridgehead atoms. The zero-order valence-corrected chi connectivity index (χ0v) is 16.6. The highest BCUT2D eigenvalue weighted by Crippen LogP contribution is 2.32. The van der Waals surface area contributed by atoms with E-state index in [-0.39, 0.29) is 5.91 Å². The number of carbonyl (C=O) groups excluding carboxylic acids is 1. The summed E-state index contributed by atoms with van der Waals surface area (Å²) in [5.41, 5.74) is 0.448. The lowest BCUT2D eigenvalue weighted by atomic mass is 9.88. The van der Waals surface area contributed by atoms with Crippen molar-refractivity contribution in [2.24, 2.45) is 11.8 Å². The molecule has 0 radical (unpaired) electrons. The van der Waals surface area contributed by atoms with E-state index in [2.05, 4.69) is 19.9 Å². The molecule has 2 fully saturated rings. The molecule has 30 heavy (non-hydrogen) atoms. The van der Waals surface area contributed by atoms with Crippen molar-refractivity contribution in [1.29, 1.82) is 0 Å². The van der Waals surface area contributed by atoms with E-state index < -0.39 is 12.1 Å². The van der Waals surface area contributed by atoms with Crippen LogP contribution in [0.3, 0.4) is 0 Å². The molecule has 12 heteroatoms. The van der Waals surface area contributed by atoms with Crippen molar-refractivity contribution in [3.63, 3.8) is 0 Å². The van der Waals surface area contributed by atoms with Crippen molar-refractivity contribution in [1.82, 2.24) is 24.8 Å². The van der Waals surface area contributed by atoms with Crippen molar-refractivity contribution >= 4 is 23.2 Å². The second-order valence-electron chi connectivity index (χ2n) is 7.07. The van der Waals surface area contributed by atoms with Crippen LogP contribution in [0.4, 0.5) is 13.2 Å². The van der Waals surface area contributed by atoms with E-state index in [1.165, 1.54) is 5.01 Å². The molecule has 8 nitrogen and oxygen atoms in total. The lowest BCUT2D eigenvalue weighted by Crippen LogP contribution is -2.43. The number of thiazole rings is 1.